The Hall–Kier alpha value is -7.81. The van der Waals surface area contributed by atoms with E-state index in [9.17, 15) is 0 Å². The molecule has 2 heteroatoms. The summed E-state index contributed by atoms with van der Waals surface area (Å²) < 4.78 is 2.42. The second-order valence-corrected chi connectivity index (χ2v) is 17.9. The molecule has 2 heterocycles. The molecule has 0 fully saturated rings. The second-order valence-electron chi connectivity index (χ2n) is 17.9. The summed E-state index contributed by atoms with van der Waals surface area (Å²) >= 11 is 0. The lowest BCUT2D eigenvalue weighted by atomic mass is 9.85. The monoisotopic (exact) mass is 846 g/mol. The summed E-state index contributed by atoms with van der Waals surface area (Å²) in [5.74, 6) is 0. The van der Waals surface area contributed by atoms with Gasteiger partial charge in [-0.2, -0.15) is 0 Å². The number of hydrogen-bond acceptors (Lipinski definition) is 1. The Morgan fingerprint density at radius 3 is 1.86 bits per heavy atom. The van der Waals surface area contributed by atoms with Crippen LogP contribution >= 0.6 is 0 Å². The van der Waals surface area contributed by atoms with Crippen LogP contribution in [-0.4, -0.2) is 10.3 Å². The fourth-order valence-electron chi connectivity index (χ4n) is 10.9. The van der Waals surface area contributed by atoms with Gasteiger partial charge in [-0.15, -0.1) is 0 Å². The van der Waals surface area contributed by atoms with Crippen molar-refractivity contribution in [2.24, 2.45) is 4.99 Å². The average molecular weight is 847 g/mol. The normalized spacial score (nSPS) is 15.7. The van der Waals surface area contributed by atoms with Gasteiger partial charge in [0.1, 0.15) is 0 Å². The zero-order valence-corrected chi connectivity index (χ0v) is 37.6. The maximum Gasteiger partial charge on any atom is 0.0740 e. The molecule has 1 aliphatic carbocycles. The molecule has 0 radical (unpaired) electrons. The van der Waals surface area contributed by atoms with E-state index in [2.05, 4.69) is 225 Å². The molecule has 0 spiro atoms. The summed E-state index contributed by atoms with van der Waals surface area (Å²) in [7, 11) is 0. The van der Waals surface area contributed by atoms with E-state index in [1.54, 1.807) is 0 Å². The first-order valence-corrected chi connectivity index (χ1v) is 23.6. The Morgan fingerprint density at radius 2 is 1.11 bits per heavy atom. The largest absolute Gasteiger partial charge is 0.309 e. The molecule has 0 saturated heterocycles. The topological polar surface area (TPSA) is 17.3 Å². The lowest BCUT2D eigenvalue weighted by molar-refractivity contribution is 0.971. The van der Waals surface area contributed by atoms with Crippen molar-refractivity contribution in [3.05, 3.63) is 234 Å². The Balaban J connectivity index is 1.03. The van der Waals surface area contributed by atoms with E-state index in [0.717, 1.165) is 49.2 Å². The van der Waals surface area contributed by atoms with Crippen LogP contribution in [-0.2, 0) is 0 Å². The Kier molecular flexibility index (Phi) is 10.0. The van der Waals surface area contributed by atoms with Gasteiger partial charge in [0.05, 0.1) is 22.4 Å². The lowest BCUT2D eigenvalue weighted by Gasteiger charge is -2.23. The third kappa shape index (κ3) is 6.75. The van der Waals surface area contributed by atoms with Crippen LogP contribution in [0, 0.1) is 0 Å². The fourth-order valence-corrected chi connectivity index (χ4v) is 10.9. The summed E-state index contributed by atoms with van der Waals surface area (Å²) in [5.41, 5.74) is 18.5. The second kappa shape index (κ2) is 16.6. The maximum absolute atomic E-state index is 5.77. The molecule has 316 valence electrons. The van der Waals surface area contributed by atoms with Gasteiger partial charge in [0, 0.05) is 22.0 Å². The zero-order valence-electron chi connectivity index (χ0n) is 37.6. The van der Waals surface area contributed by atoms with Gasteiger partial charge in [-0.3, -0.25) is 0 Å². The minimum atomic E-state index is 0.922. The first kappa shape index (κ1) is 39.8. The maximum atomic E-state index is 5.77. The van der Waals surface area contributed by atoms with Crippen molar-refractivity contribution < 1.29 is 0 Å². The average Bonchev–Trinajstić information content (AvgIpc) is 3.72. The smallest absolute Gasteiger partial charge is 0.0740 e. The van der Waals surface area contributed by atoms with Gasteiger partial charge in [-0.05, 0) is 158 Å². The Morgan fingerprint density at radius 1 is 0.485 bits per heavy atom. The zero-order chi connectivity index (χ0) is 44.1. The number of benzene rings is 9. The summed E-state index contributed by atoms with van der Waals surface area (Å²) in [6.45, 7) is 4.60. The number of allylic oxidation sites excluding steroid dienone is 7. The van der Waals surface area contributed by atoms with E-state index < -0.39 is 0 Å². The molecule has 0 amide bonds. The highest BCUT2D eigenvalue weighted by Gasteiger charge is 2.23. The fraction of sp³-hybridized carbons (Fsp3) is 0.109. The van der Waals surface area contributed by atoms with Crippen LogP contribution in [0.1, 0.15) is 57.1 Å². The van der Waals surface area contributed by atoms with Crippen molar-refractivity contribution >= 4 is 71.1 Å². The summed E-state index contributed by atoms with van der Waals surface area (Å²) in [4.78, 5) is 5.77. The van der Waals surface area contributed by atoms with E-state index in [0.29, 0.717) is 0 Å². The molecule has 9 aromatic carbocycles. The van der Waals surface area contributed by atoms with E-state index in [1.807, 2.05) is 0 Å². The predicted molar refractivity (Wildman–Crippen MR) is 284 cm³/mol. The minimum Gasteiger partial charge on any atom is -0.309 e. The highest BCUT2D eigenvalue weighted by atomic mass is 15.0. The summed E-state index contributed by atoms with van der Waals surface area (Å²) in [6.07, 6.45) is 12.0. The molecule has 0 atom stereocenters. The molecule has 12 rings (SSSR count). The number of aliphatic imine (C=N–C) groups is 1. The standard InChI is InChI=1S/C64H50N2/c1-3-50-51(45-20-9-5-10-21-45)37-30-42(2)63(65-64(50)46-22-11-6-12-23-46)48-33-38-57-58(41-48)54-25-14-13-24-53(54)56-28-17-27-52(62(56)57)47-34-39-61-59(40-47)55-26-15-16-29-60(55)66(61)49-35-31-44(32-36-49)43-18-7-4-8-19-43/h4-5,7-11,13-29,31-36,38-41H,3,6,12,30,37H2,1-2H3/b51-50?,63-42+,65-64?. The molecule has 0 N–H and O–H groups in total. The van der Waals surface area contributed by atoms with Crippen molar-refractivity contribution in [3.8, 4) is 27.9 Å². The SMILES string of the molecule is CCC1=C(c2ccccc2)CC/C(C)=C(\c2ccc3c(c2)c2ccccc2c2cccc(-c4ccc5c(c4)c4ccccc4n5-c4ccc(-c5ccccc5)cc4)c23)N=C1C1=CCCC=C1. The quantitative estimate of drug-likeness (QED) is 0.142. The van der Waals surface area contributed by atoms with Crippen molar-refractivity contribution in [2.45, 2.75) is 46.0 Å². The predicted octanol–water partition coefficient (Wildman–Crippen LogP) is 17.7. The molecule has 1 aromatic heterocycles. The van der Waals surface area contributed by atoms with Crippen LogP contribution < -0.4 is 0 Å². The highest BCUT2D eigenvalue weighted by Crippen LogP contribution is 2.44. The van der Waals surface area contributed by atoms with E-state index >= 15 is 0 Å². The molecule has 0 unspecified atom stereocenters. The van der Waals surface area contributed by atoms with E-state index in [4.69, 9.17) is 4.99 Å². The number of aromatic nitrogens is 1. The van der Waals surface area contributed by atoms with Crippen LogP contribution in [0.4, 0.5) is 0 Å². The van der Waals surface area contributed by atoms with Crippen molar-refractivity contribution in [2.75, 3.05) is 0 Å². The van der Waals surface area contributed by atoms with Gasteiger partial charge < -0.3 is 4.57 Å². The summed E-state index contributed by atoms with van der Waals surface area (Å²) in [6, 6.07) is 69.5. The third-order valence-corrected chi connectivity index (χ3v) is 14.1. The number of rotatable bonds is 7. The molecule has 2 nitrogen and oxygen atoms in total. The molecule has 66 heavy (non-hydrogen) atoms. The van der Waals surface area contributed by atoms with Crippen LogP contribution in [0.5, 0.6) is 0 Å². The van der Waals surface area contributed by atoms with Gasteiger partial charge in [-0.1, -0.05) is 177 Å². The Bertz CT molecular complexity index is 3700. The van der Waals surface area contributed by atoms with Crippen LogP contribution in [0.3, 0.4) is 0 Å². The number of hydrogen-bond donors (Lipinski definition) is 0. The van der Waals surface area contributed by atoms with Gasteiger partial charge in [-0.25, -0.2) is 4.99 Å². The number of nitrogens with zero attached hydrogens (tertiary/aromatic N) is 2. The van der Waals surface area contributed by atoms with E-state index in [-0.39, 0.29) is 0 Å². The lowest BCUT2D eigenvalue weighted by Crippen LogP contribution is -2.12. The van der Waals surface area contributed by atoms with Crippen LogP contribution in [0.15, 0.2) is 228 Å². The van der Waals surface area contributed by atoms with Gasteiger partial charge >= 0.3 is 0 Å². The first-order chi connectivity index (χ1) is 32.6. The van der Waals surface area contributed by atoms with Crippen molar-refractivity contribution in [3.63, 3.8) is 0 Å². The highest BCUT2D eigenvalue weighted by molar-refractivity contribution is 6.29. The molecule has 2 aliphatic rings. The third-order valence-electron chi connectivity index (χ3n) is 14.1. The minimum absolute atomic E-state index is 0.922. The van der Waals surface area contributed by atoms with Crippen molar-refractivity contribution in [1.29, 1.82) is 0 Å². The van der Waals surface area contributed by atoms with Gasteiger partial charge in [0.25, 0.3) is 0 Å². The number of para-hydroxylation sites is 1. The Labute approximate surface area is 386 Å². The molecule has 1 aliphatic heterocycles. The molecule has 10 aromatic rings. The molecular weight excluding hydrogens is 797 g/mol. The van der Waals surface area contributed by atoms with Crippen LogP contribution in [0.2, 0.25) is 0 Å². The molecule has 0 saturated carbocycles. The summed E-state index contributed by atoms with van der Waals surface area (Å²) in [5, 5.41) is 10.1. The van der Waals surface area contributed by atoms with Gasteiger partial charge in [0.2, 0.25) is 0 Å². The van der Waals surface area contributed by atoms with Gasteiger partial charge in [0.15, 0.2) is 0 Å². The molecular formula is C64H50N2. The first-order valence-electron chi connectivity index (χ1n) is 23.6. The van der Waals surface area contributed by atoms with Crippen molar-refractivity contribution in [1.82, 2.24) is 4.57 Å². The number of fused-ring (bicyclic) bond motifs is 9. The van der Waals surface area contributed by atoms with Crippen LogP contribution in [0.25, 0.3) is 93.3 Å². The molecule has 0 bridgehead atoms. The van der Waals surface area contributed by atoms with E-state index in [1.165, 1.54) is 110 Å².